The quantitative estimate of drug-likeness (QED) is 0.757. The first-order valence-corrected chi connectivity index (χ1v) is 9.27. The number of hydrogen-bond acceptors (Lipinski definition) is 1. The zero-order valence-corrected chi connectivity index (χ0v) is 14.6. The minimum atomic E-state index is -0.212. The van der Waals surface area contributed by atoms with E-state index in [9.17, 15) is 4.79 Å². The molecule has 4 aliphatic carbocycles. The van der Waals surface area contributed by atoms with Crippen LogP contribution in [0, 0.1) is 23.2 Å². The molecule has 4 bridgehead atoms. The normalized spacial score (nSPS) is 34.4. The largest absolute Gasteiger partial charge is 0.337 e. The molecule has 23 heavy (non-hydrogen) atoms. The van der Waals surface area contributed by atoms with Crippen molar-refractivity contribution in [1.82, 2.24) is 5.32 Å². The molecule has 2 N–H and O–H groups in total. The summed E-state index contributed by atoms with van der Waals surface area (Å²) in [6.07, 6.45) is 8.10. The zero-order valence-electron chi connectivity index (χ0n) is 13.1. The van der Waals surface area contributed by atoms with Crippen molar-refractivity contribution in [1.29, 1.82) is 0 Å². The Morgan fingerprint density at radius 2 is 1.57 bits per heavy atom. The Bertz CT molecular complexity index is 576. The molecule has 124 valence electrons. The van der Waals surface area contributed by atoms with Gasteiger partial charge in [-0.3, -0.25) is 0 Å². The molecule has 0 unspecified atom stereocenters. The Labute approximate surface area is 147 Å². The summed E-state index contributed by atoms with van der Waals surface area (Å²) in [5.41, 5.74) is 0.815. The van der Waals surface area contributed by atoms with Crippen molar-refractivity contribution in [2.24, 2.45) is 23.2 Å². The van der Waals surface area contributed by atoms with E-state index in [1.54, 1.807) is 18.2 Å². The van der Waals surface area contributed by atoms with Crippen LogP contribution in [-0.2, 0) is 0 Å². The van der Waals surface area contributed by atoms with Crippen molar-refractivity contribution in [2.45, 2.75) is 38.5 Å². The molecular formula is C18H22Cl2N2O. The van der Waals surface area contributed by atoms with E-state index in [0.717, 1.165) is 24.3 Å². The molecule has 0 radical (unpaired) electrons. The van der Waals surface area contributed by atoms with Gasteiger partial charge in [-0.05, 0) is 73.8 Å². The van der Waals surface area contributed by atoms with Crippen molar-refractivity contribution in [3.63, 3.8) is 0 Å². The molecule has 1 aromatic carbocycles. The van der Waals surface area contributed by atoms with Crippen LogP contribution >= 0.6 is 23.2 Å². The highest BCUT2D eigenvalue weighted by molar-refractivity contribution is 6.39. The van der Waals surface area contributed by atoms with Crippen LogP contribution in [-0.4, -0.2) is 12.6 Å². The first kappa shape index (κ1) is 15.6. The Kier molecular flexibility index (Phi) is 3.97. The second-order valence-corrected chi connectivity index (χ2v) is 8.64. The topological polar surface area (TPSA) is 41.1 Å². The predicted molar refractivity (Wildman–Crippen MR) is 94.1 cm³/mol. The molecule has 5 rings (SSSR count). The summed E-state index contributed by atoms with van der Waals surface area (Å²) in [7, 11) is 0. The lowest BCUT2D eigenvalue weighted by molar-refractivity contribution is -0.0496. The van der Waals surface area contributed by atoms with Gasteiger partial charge in [-0.25, -0.2) is 4.79 Å². The molecule has 0 atom stereocenters. The monoisotopic (exact) mass is 352 g/mol. The standard InChI is InChI=1S/C18H22Cl2N2O/c19-14-2-1-3-15(20)16(14)22-17(23)21-10-18-7-11-4-12(8-18)6-13(5-11)9-18/h1-3,11-13H,4-10H2,(H2,21,22,23). The summed E-state index contributed by atoms with van der Waals surface area (Å²) < 4.78 is 0. The minimum Gasteiger partial charge on any atom is -0.337 e. The van der Waals surface area contributed by atoms with Gasteiger partial charge >= 0.3 is 6.03 Å². The van der Waals surface area contributed by atoms with Gasteiger partial charge in [0.05, 0.1) is 15.7 Å². The zero-order chi connectivity index (χ0) is 16.0. The lowest BCUT2D eigenvalue weighted by Gasteiger charge is -2.56. The van der Waals surface area contributed by atoms with Crippen molar-refractivity contribution in [3.05, 3.63) is 28.2 Å². The predicted octanol–water partition coefficient (Wildman–Crippen LogP) is 5.33. The van der Waals surface area contributed by atoms with E-state index < -0.39 is 0 Å². The molecule has 0 heterocycles. The number of urea groups is 1. The summed E-state index contributed by atoms with van der Waals surface area (Å²) in [5.74, 6) is 2.68. The molecule has 4 fully saturated rings. The van der Waals surface area contributed by atoms with Gasteiger partial charge in [-0.15, -0.1) is 0 Å². The van der Waals surface area contributed by atoms with Crippen molar-refractivity contribution in [3.8, 4) is 0 Å². The summed E-state index contributed by atoms with van der Waals surface area (Å²) in [5, 5.41) is 6.79. The van der Waals surface area contributed by atoms with Crippen molar-refractivity contribution in [2.75, 3.05) is 11.9 Å². The highest BCUT2D eigenvalue weighted by Crippen LogP contribution is 2.59. The van der Waals surface area contributed by atoms with Crippen LogP contribution in [0.2, 0.25) is 10.0 Å². The Morgan fingerprint density at radius 1 is 1.04 bits per heavy atom. The second-order valence-electron chi connectivity index (χ2n) is 7.82. The van der Waals surface area contributed by atoms with Gasteiger partial charge in [-0.1, -0.05) is 29.3 Å². The average molecular weight is 353 g/mol. The number of carbonyl (C=O) groups is 1. The molecule has 0 aliphatic heterocycles. The van der Waals surface area contributed by atoms with Crippen LogP contribution in [0.1, 0.15) is 38.5 Å². The van der Waals surface area contributed by atoms with Gasteiger partial charge in [-0.2, -0.15) is 0 Å². The Balaban J connectivity index is 1.39. The molecule has 4 aliphatic rings. The van der Waals surface area contributed by atoms with Crippen LogP contribution in [0.25, 0.3) is 0 Å². The molecule has 5 heteroatoms. The van der Waals surface area contributed by atoms with E-state index in [-0.39, 0.29) is 6.03 Å². The lowest BCUT2D eigenvalue weighted by atomic mass is 9.49. The van der Waals surface area contributed by atoms with Gasteiger partial charge in [0, 0.05) is 6.54 Å². The summed E-state index contributed by atoms with van der Waals surface area (Å²) in [4.78, 5) is 12.3. The summed E-state index contributed by atoms with van der Waals surface area (Å²) in [6.45, 7) is 0.768. The van der Waals surface area contributed by atoms with E-state index >= 15 is 0 Å². The fourth-order valence-corrected chi connectivity index (χ4v) is 6.04. The van der Waals surface area contributed by atoms with Crippen LogP contribution in [0.5, 0.6) is 0 Å². The minimum absolute atomic E-state index is 0.212. The fraction of sp³-hybridized carbons (Fsp3) is 0.611. The maximum Gasteiger partial charge on any atom is 0.319 e. The van der Waals surface area contributed by atoms with Gasteiger partial charge in [0.25, 0.3) is 0 Å². The molecule has 4 saturated carbocycles. The first-order chi connectivity index (χ1) is 11.0. The first-order valence-electron chi connectivity index (χ1n) is 8.52. The van der Waals surface area contributed by atoms with E-state index in [0.29, 0.717) is 21.1 Å². The Hall–Kier alpha value is -0.930. The third-order valence-corrected chi connectivity index (χ3v) is 6.62. The number of hydrogen-bond donors (Lipinski definition) is 2. The molecule has 1 aromatic rings. The number of carbonyl (C=O) groups excluding carboxylic acids is 1. The molecule has 2 amide bonds. The van der Waals surface area contributed by atoms with Gasteiger partial charge in [0.1, 0.15) is 0 Å². The maximum absolute atomic E-state index is 12.3. The smallest absolute Gasteiger partial charge is 0.319 e. The summed E-state index contributed by atoms with van der Waals surface area (Å²) >= 11 is 12.2. The van der Waals surface area contributed by atoms with E-state index in [2.05, 4.69) is 10.6 Å². The van der Waals surface area contributed by atoms with Gasteiger partial charge in [0.15, 0.2) is 0 Å². The third kappa shape index (κ3) is 3.06. The molecular weight excluding hydrogens is 331 g/mol. The number of anilines is 1. The second kappa shape index (κ2) is 5.86. The van der Waals surface area contributed by atoms with E-state index in [1.165, 1.54) is 38.5 Å². The SMILES string of the molecule is O=C(NCC12CC3CC(CC(C3)C1)C2)Nc1c(Cl)cccc1Cl. The van der Waals surface area contributed by atoms with Crippen LogP contribution in [0.15, 0.2) is 18.2 Å². The van der Waals surface area contributed by atoms with Crippen molar-refractivity contribution < 1.29 is 4.79 Å². The lowest BCUT2D eigenvalue weighted by Crippen LogP contribution is -2.51. The molecule has 0 spiro atoms. The number of rotatable bonds is 3. The van der Waals surface area contributed by atoms with E-state index in [1.807, 2.05) is 0 Å². The van der Waals surface area contributed by atoms with Gasteiger partial charge in [0.2, 0.25) is 0 Å². The highest BCUT2D eigenvalue weighted by Gasteiger charge is 2.50. The fourth-order valence-electron chi connectivity index (χ4n) is 5.55. The average Bonchev–Trinajstić information content (AvgIpc) is 2.48. The van der Waals surface area contributed by atoms with Crippen LogP contribution in [0.3, 0.4) is 0 Å². The number of amides is 2. The van der Waals surface area contributed by atoms with Crippen molar-refractivity contribution >= 4 is 34.9 Å². The maximum atomic E-state index is 12.3. The molecule has 0 saturated heterocycles. The highest BCUT2D eigenvalue weighted by atomic mass is 35.5. The molecule has 3 nitrogen and oxygen atoms in total. The number of nitrogens with one attached hydrogen (secondary N) is 2. The van der Waals surface area contributed by atoms with Crippen LogP contribution < -0.4 is 10.6 Å². The molecule has 0 aromatic heterocycles. The van der Waals surface area contributed by atoms with E-state index in [4.69, 9.17) is 23.2 Å². The van der Waals surface area contributed by atoms with Crippen LogP contribution in [0.4, 0.5) is 10.5 Å². The Morgan fingerprint density at radius 3 is 2.09 bits per heavy atom. The number of para-hydroxylation sites is 1. The number of halogens is 2. The number of benzene rings is 1. The van der Waals surface area contributed by atoms with Gasteiger partial charge < -0.3 is 10.6 Å². The third-order valence-electron chi connectivity index (χ3n) is 5.99. The summed E-state index contributed by atoms with van der Waals surface area (Å²) in [6, 6.07) is 5.00.